The van der Waals surface area contributed by atoms with Crippen LogP contribution < -0.4 is 11.1 Å². The van der Waals surface area contributed by atoms with E-state index in [1.165, 1.54) is 6.21 Å². The normalized spacial score (nSPS) is 13.8. The van der Waals surface area contributed by atoms with Gasteiger partial charge in [-0.2, -0.15) is 0 Å². The molecular weight excluding hydrogens is 278 g/mol. The van der Waals surface area contributed by atoms with Crippen LogP contribution in [0.15, 0.2) is 47.7 Å². The molecule has 0 saturated carbocycles. The van der Waals surface area contributed by atoms with Crippen LogP contribution >= 0.6 is 0 Å². The summed E-state index contributed by atoms with van der Waals surface area (Å²) in [6.45, 7) is 0.583. The van der Waals surface area contributed by atoms with E-state index in [9.17, 15) is 4.79 Å². The number of carbonyl (C=O) groups excluding carboxylic acids is 1. The van der Waals surface area contributed by atoms with Crippen LogP contribution in [0, 0.1) is 0 Å². The number of hydrogen-bond donors (Lipinski definition) is 2. The molecule has 0 fully saturated rings. The Morgan fingerprint density at radius 1 is 1.27 bits per heavy atom. The van der Waals surface area contributed by atoms with Gasteiger partial charge in [0.25, 0.3) is 0 Å². The quantitative estimate of drug-likeness (QED) is 0.900. The average molecular weight is 293 g/mol. The molecule has 1 aliphatic rings. The van der Waals surface area contributed by atoms with Crippen molar-refractivity contribution in [3.05, 3.63) is 54.0 Å². The van der Waals surface area contributed by atoms with Gasteiger partial charge in [-0.05, 0) is 23.8 Å². The van der Waals surface area contributed by atoms with Crippen LogP contribution in [0.5, 0.6) is 0 Å². The topological polar surface area (TPSA) is 93.3 Å². The lowest BCUT2D eigenvalue weighted by Gasteiger charge is -2.11. The molecule has 0 aromatic carbocycles. The molecule has 1 amide bonds. The van der Waals surface area contributed by atoms with Crippen LogP contribution in [-0.2, 0) is 11.3 Å². The van der Waals surface area contributed by atoms with Gasteiger partial charge in [-0.25, -0.2) is 9.98 Å². The Bertz CT molecular complexity index is 752. The Hall–Kier alpha value is -3.02. The highest BCUT2D eigenvalue weighted by Crippen LogP contribution is 2.21. The molecule has 22 heavy (non-hydrogen) atoms. The molecule has 1 aliphatic heterocycles. The van der Waals surface area contributed by atoms with Gasteiger partial charge >= 0.3 is 0 Å². The molecule has 110 valence electrons. The van der Waals surface area contributed by atoms with E-state index >= 15 is 0 Å². The van der Waals surface area contributed by atoms with Crippen molar-refractivity contribution in [1.29, 1.82) is 0 Å². The highest BCUT2D eigenvalue weighted by molar-refractivity contribution is 6.15. The number of nitrogen functional groups attached to an aromatic ring is 1. The van der Waals surface area contributed by atoms with Gasteiger partial charge in [0.1, 0.15) is 5.82 Å². The summed E-state index contributed by atoms with van der Waals surface area (Å²) in [5.74, 6) is 0.460. The van der Waals surface area contributed by atoms with Crippen LogP contribution in [0.1, 0.15) is 17.7 Å². The van der Waals surface area contributed by atoms with E-state index in [1.807, 2.05) is 24.3 Å². The summed E-state index contributed by atoms with van der Waals surface area (Å²) >= 11 is 0. The fourth-order valence-corrected chi connectivity index (χ4v) is 2.08. The van der Waals surface area contributed by atoms with Crippen molar-refractivity contribution in [2.24, 2.45) is 4.99 Å². The molecule has 6 nitrogen and oxygen atoms in total. The Balaban J connectivity index is 1.78. The SMILES string of the molecule is Nc1ccc(C2=CCC(=O)N=C2)nc1NCc1cccnc1. The number of nitrogens with zero attached hydrogens (tertiary/aromatic N) is 3. The second kappa shape index (κ2) is 6.17. The third-order valence-electron chi connectivity index (χ3n) is 3.25. The highest BCUT2D eigenvalue weighted by Gasteiger charge is 2.10. The first-order chi connectivity index (χ1) is 10.7. The number of pyridine rings is 2. The number of hydrogen-bond acceptors (Lipinski definition) is 5. The van der Waals surface area contributed by atoms with Gasteiger partial charge in [-0.1, -0.05) is 12.1 Å². The molecule has 2 aromatic heterocycles. The summed E-state index contributed by atoms with van der Waals surface area (Å²) in [6, 6.07) is 7.46. The van der Waals surface area contributed by atoms with E-state index in [0.29, 0.717) is 24.5 Å². The first kappa shape index (κ1) is 13.9. The minimum atomic E-state index is -0.144. The maximum Gasteiger partial charge on any atom is 0.249 e. The Labute approximate surface area is 127 Å². The second-order valence-corrected chi connectivity index (χ2v) is 4.86. The largest absolute Gasteiger partial charge is 0.396 e. The Morgan fingerprint density at radius 3 is 2.91 bits per heavy atom. The lowest BCUT2D eigenvalue weighted by atomic mass is 10.1. The Morgan fingerprint density at radius 2 is 2.18 bits per heavy atom. The first-order valence-electron chi connectivity index (χ1n) is 6.89. The predicted octanol–water partition coefficient (Wildman–Crippen LogP) is 2.06. The van der Waals surface area contributed by atoms with Crippen molar-refractivity contribution in [3.63, 3.8) is 0 Å². The van der Waals surface area contributed by atoms with E-state index in [0.717, 1.165) is 16.8 Å². The van der Waals surface area contributed by atoms with E-state index < -0.39 is 0 Å². The molecule has 0 aliphatic carbocycles. The maximum atomic E-state index is 11.1. The minimum absolute atomic E-state index is 0.144. The van der Waals surface area contributed by atoms with Gasteiger partial charge in [-0.3, -0.25) is 9.78 Å². The van der Waals surface area contributed by atoms with Crippen molar-refractivity contribution in [1.82, 2.24) is 9.97 Å². The van der Waals surface area contributed by atoms with Gasteiger partial charge < -0.3 is 11.1 Å². The van der Waals surface area contributed by atoms with E-state index in [4.69, 9.17) is 5.73 Å². The second-order valence-electron chi connectivity index (χ2n) is 4.86. The summed E-state index contributed by atoms with van der Waals surface area (Å²) in [7, 11) is 0. The van der Waals surface area contributed by atoms with Crippen molar-refractivity contribution in [3.8, 4) is 0 Å². The van der Waals surface area contributed by atoms with Crippen LogP contribution in [0.2, 0.25) is 0 Å². The highest BCUT2D eigenvalue weighted by atomic mass is 16.1. The maximum absolute atomic E-state index is 11.1. The summed E-state index contributed by atoms with van der Waals surface area (Å²) < 4.78 is 0. The Kier molecular flexibility index (Phi) is 3.91. The summed E-state index contributed by atoms with van der Waals surface area (Å²) in [4.78, 5) is 23.5. The van der Waals surface area contributed by atoms with Crippen LogP contribution in [0.25, 0.3) is 5.57 Å². The van der Waals surface area contributed by atoms with Crippen LogP contribution in [-0.4, -0.2) is 22.1 Å². The summed E-state index contributed by atoms with van der Waals surface area (Å²) in [5.41, 5.74) is 9.12. The number of nitrogens with two attached hydrogens (primary N) is 1. The van der Waals surface area contributed by atoms with Crippen LogP contribution in [0.3, 0.4) is 0 Å². The van der Waals surface area contributed by atoms with E-state index in [2.05, 4.69) is 20.3 Å². The molecule has 0 spiro atoms. The van der Waals surface area contributed by atoms with Gasteiger partial charge in [0.05, 0.1) is 11.4 Å². The van der Waals surface area contributed by atoms with Gasteiger partial charge in [0, 0.05) is 37.1 Å². The molecule has 3 heterocycles. The number of nitrogens with one attached hydrogen (secondary N) is 1. The number of allylic oxidation sites excluding steroid dienone is 1. The lowest BCUT2D eigenvalue weighted by molar-refractivity contribution is -0.117. The minimum Gasteiger partial charge on any atom is -0.396 e. The monoisotopic (exact) mass is 293 g/mol. The first-order valence-corrected chi connectivity index (χ1v) is 6.89. The van der Waals surface area contributed by atoms with Gasteiger partial charge in [-0.15, -0.1) is 0 Å². The fraction of sp³-hybridized carbons (Fsp3) is 0.125. The molecule has 0 bridgehead atoms. The number of aliphatic imine (C=N–C) groups is 1. The number of amides is 1. The molecule has 2 aromatic rings. The number of rotatable bonds is 4. The molecule has 0 unspecified atom stereocenters. The zero-order valence-corrected chi connectivity index (χ0v) is 11.9. The zero-order valence-electron chi connectivity index (χ0n) is 11.9. The summed E-state index contributed by atoms with van der Waals surface area (Å²) in [6.07, 6.45) is 7.17. The van der Waals surface area contributed by atoms with Crippen molar-refractivity contribution >= 4 is 29.2 Å². The van der Waals surface area contributed by atoms with E-state index in [-0.39, 0.29) is 5.91 Å². The third kappa shape index (κ3) is 3.17. The predicted molar refractivity (Wildman–Crippen MR) is 86.3 cm³/mol. The lowest BCUT2D eigenvalue weighted by Crippen LogP contribution is -2.07. The molecule has 0 radical (unpaired) electrons. The molecule has 3 N–H and O–H groups in total. The molecule has 6 heteroatoms. The number of carbonyl (C=O) groups is 1. The third-order valence-corrected chi connectivity index (χ3v) is 3.25. The summed E-state index contributed by atoms with van der Waals surface area (Å²) in [5, 5.41) is 3.20. The van der Waals surface area contributed by atoms with Crippen molar-refractivity contribution in [2.75, 3.05) is 11.1 Å². The smallest absolute Gasteiger partial charge is 0.249 e. The molecule has 0 saturated heterocycles. The zero-order chi connectivity index (χ0) is 15.4. The molecule has 0 atom stereocenters. The molecule has 3 rings (SSSR count). The molecular formula is C16H15N5O. The van der Waals surface area contributed by atoms with Crippen molar-refractivity contribution in [2.45, 2.75) is 13.0 Å². The number of aromatic nitrogens is 2. The van der Waals surface area contributed by atoms with E-state index in [1.54, 1.807) is 18.5 Å². The van der Waals surface area contributed by atoms with Crippen LogP contribution in [0.4, 0.5) is 11.5 Å². The van der Waals surface area contributed by atoms with Gasteiger partial charge in [0.15, 0.2) is 0 Å². The van der Waals surface area contributed by atoms with Gasteiger partial charge in [0.2, 0.25) is 5.91 Å². The fourth-order valence-electron chi connectivity index (χ4n) is 2.08. The average Bonchev–Trinajstić information content (AvgIpc) is 2.56. The van der Waals surface area contributed by atoms with Crippen molar-refractivity contribution < 1.29 is 4.79 Å². The standard InChI is InChI=1S/C16H15N5O/c17-13-4-5-14(12-3-6-15(22)19-10-12)21-16(13)20-9-11-2-1-7-18-8-11/h1-5,7-8,10H,6,9,17H2,(H,20,21). The number of dihydropyridines is 1. The number of anilines is 2.